The van der Waals surface area contributed by atoms with Gasteiger partial charge in [0.2, 0.25) is 5.91 Å². The molecule has 0 aromatic heterocycles. The highest BCUT2D eigenvalue weighted by Gasteiger charge is 2.32. The van der Waals surface area contributed by atoms with Gasteiger partial charge in [-0.05, 0) is 20.9 Å². The second-order valence-electron chi connectivity index (χ2n) is 4.05. The molecular weight excluding hydrogens is 208 g/mol. The van der Waals surface area contributed by atoms with Gasteiger partial charge in [0.05, 0.1) is 25.2 Å². The van der Waals surface area contributed by atoms with E-state index < -0.39 is 0 Å². The predicted octanol–water partition coefficient (Wildman–Crippen LogP) is -0.238. The van der Waals surface area contributed by atoms with Gasteiger partial charge in [0.1, 0.15) is 0 Å². The third-order valence-corrected chi connectivity index (χ3v) is 2.80. The third-order valence-electron chi connectivity index (χ3n) is 2.80. The minimum absolute atomic E-state index is 0.0448. The van der Waals surface area contributed by atoms with E-state index >= 15 is 0 Å². The van der Waals surface area contributed by atoms with Gasteiger partial charge in [0.15, 0.2) is 0 Å². The lowest BCUT2D eigenvalue weighted by atomic mass is 10.0. The molecule has 0 aliphatic carbocycles. The summed E-state index contributed by atoms with van der Waals surface area (Å²) in [6, 6.07) is 0.127. The molecule has 5 nitrogen and oxygen atoms in total. The predicted molar refractivity (Wildman–Crippen MR) is 61.3 cm³/mol. The van der Waals surface area contributed by atoms with Gasteiger partial charge in [0.25, 0.3) is 0 Å². The molecule has 1 rings (SSSR count). The van der Waals surface area contributed by atoms with Crippen LogP contribution in [0.4, 0.5) is 0 Å². The van der Waals surface area contributed by atoms with Crippen LogP contribution in [-0.4, -0.2) is 51.5 Å². The average molecular weight is 230 g/mol. The minimum Gasteiger partial charge on any atom is -0.379 e. The first-order valence-corrected chi connectivity index (χ1v) is 5.83. The van der Waals surface area contributed by atoms with Gasteiger partial charge in [-0.25, -0.2) is 0 Å². The van der Waals surface area contributed by atoms with Crippen LogP contribution >= 0.6 is 0 Å². The van der Waals surface area contributed by atoms with E-state index in [1.165, 1.54) is 0 Å². The number of hydrogen-bond acceptors (Lipinski definition) is 4. The molecule has 1 amide bonds. The Kier molecular flexibility index (Phi) is 5.73. The lowest BCUT2D eigenvalue weighted by Crippen LogP contribution is -2.44. The first-order valence-electron chi connectivity index (χ1n) is 5.83. The van der Waals surface area contributed by atoms with Gasteiger partial charge in [-0.1, -0.05) is 0 Å². The Morgan fingerprint density at radius 3 is 2.94 bits per heavy atom. The van der Waals surface area contributed by atoms with Crippen molar-refractivity contribution in [1.82, 2.24) is 10.6 Å². The van der Waals surface area contributed by atoms with Crippen molar-refractivity contribution >= 4 is 5.91 Å². The van der Waals surface area contributed by atoms with E-state index in [0.717, 1.165) is 0 Å². The zero-order chi connectivity index (χ0) is 12.0. The lowest BCUT2D eigenvalue weighted by Gasteiger charge is -2.18. The molecule has 1 aliphatic heterocycles. The summed E-state index contributed by atoms with van der Waals surface area (Å²) >= 11 is 0. The Balaban J connectivity index is 2.29. The highest BCUT2D eigenvalue weighted by Crippen LogP contribution is 2.13. The largest absolute Gasteiger partial charge is 0.379 e. The maximum Gasteiger partial charge on any atom is 0.227 e. The molecular formula is C11H22N2O3. The van der Waals surface area contributed by atoms with Gasteiger partial charge in [-0.3, -0.25) is 4.79 Å². The van der Waals surface area contributed by atoms with E-state index in [0.29, 0.717) is 26.4 Å². The molecule has 3 unspecified atom stereocenters. The van der Waals surface area contributed by atoms with Crippen LogP contribution in [0.15, 0.2) is 0 Å². The Labute approximate surface area is 96.9 Å². The molecule has 0 bridgehead atoms. The van der Waals surface area contributed by atoms with E-state index in [2.05, 4.69) is 10.6 Å². The van der Waals surface area contributed by atoms with Gasteiger partial charge in [-0.2, -0.15) is 0 Å². The molecule has 5 heteroatoms. The molecule has 0 saturated carbocycles. The molecule has 16 heavy (non-hydrogen) atoms. The number of amides is 1. The molecule has 1 fully saturated rings. The van der Waals surface area contributed by atoms with Crippen molar-refractivity contribution in [2.24, 2.45) is 5.92 Å². The Hall–Kier alpha value is -0.650. The van der Waals surface area contributed by atoms with E-state index in [9.17, 15) is 4.79 Å². The number of nitrogens with one attached hydrogen (secondary N) is 2. The summed E-state index contributed by atoms with van der Waals surface area (Å²) in [6.07, 6.45) is 0.0595. The van der Waals surface area contributed by atoms with Crippen molar-refractivity contribution in [3.05, 3.63) is 0 Å². The SMILES string of the molecule is CCOC(C)CNC(=O)C1COCC1NC. The second kappa shape index (κ2) is 6.83. The van der Waals surface area contributed by atoms with Gasteiger partial charge >= 0.3 is 0 Å². The summed E-state index contributed by atoms with van der Waals surface area (Å²) in [5.41, 5.74) is 0. The Morgan fingerprint density at radius 1 is 1.56 bits per heavy atom. The molecule has 3 atom stereocenters. The van der Waals surface area contributed by atoms with Crippen LogP contribution in [0, 0.1) is 5.92 Å². The number of hydrogen-bond donors (Lipinski definition) is 2. The fourth-order valence-electron chi connectivity index (χ4n) is 1.82. The van der Waals surface area contributed by atoms with Crippen molar-refractivity contribution in [3.8, 4) is 0 Å². The smallest absolute Gasteiger partial charge is 0.227 e. The maximum absolute atomic E-state index is 11.8. The number of carbonyl (C=O) groups excluding carboxylic acids is 1. The van der Waals surface area contributed by atoms with Crippen molar-refractivity contribution in [2.45, 2.75) is 26.0 Å². The summed E-state index contributed by atoms with van der Waals surface area (Å²) in [5.74, 6) is -0.0396. The topological polar surface area (TPSA) is 59.6 Å². The van der Waals surface area contributed by atoms with Crippen molar-refractivity contribution in [1.29, 1.82) is 0 Å². The first-order chi connectivity index (χ1) is 7.69. The van der Waals surface area contributed by atoms with E-state index in [1.54, 1.807) is 0 Å². The van der Waals surface area contributed by atoms with Crippen LogP contribution in [0.3, 0.4) is 0 Å². The number of likely N-dealkylation sites (N-methyl/N-ethyl adjacent to an activating group) is 1. The van der Waals surface area contributed by atoms with Crippen molar-refractivity contribution in [3.63, 3.8) is 0 Å². The molecule has 0 aromatic rings. The average Bonchev–Trinajstić information content (AvgIpc) is 2.74. The molecule has 1 saturated heterocycles. The number of rotatable bonds is 6. The van der Waals surface area contributed by atoms with Crippen LogP contribution in [0.5, 0.6) is 0 Å². The fourth-order valence-corrected chi connectivity index (χ4v) is 1.82. The van der Waals surface area contributed by atoms with Gasteiger partial charge < -0.3 is 20.1 Å². The second-order valence-corrected chi connectivity index (χ2v) is 4.05. The quantitative estimate of drug-likeness (QED) is 0.661. The zero-order valence-electron chi connectivity index (χ0n) is 10.3. The van der Waals surface area contributed by atoms with Gasteiger partial charge in [0, 0.05) is 19.2 Å². The molecule has 1 aliphatic rings. The number of ether oxygens (including phenoxy) is 2. The summed E-state index contributed by atoms with van der Waals surface area (Å²) < 4.78 is 10.6. The molecule has 0 radical (unpaired) electrons. The fraction of sp³-hybridized carbons (Fsp3) is 0.909. The lowest BCUT2D eigenvalue weighted by molar-refractivity contribution is -0.126. The van der Waals surface area contributed by atoms with Crippen LogP contribution in [0.1, 0.15) is 13.8 Å². The standard InChI is InChI=1S/C11H22N2O3/c1-4-16-8(2)5-13-11(14)9-6-15-7-10(9)12-3/h8-10,12H,4-7H2,1-3H3,(H,13,14). The van der Waals surface area contributed by atoms with E-state index in [4.69, 9.17) is 9.47 Å². The van der Waals surface area contributed by atoms with Crippen LogP contribution in [0.25, 0.3) is 0 Å². The third kappa shape index (κ3) is 3.73. The van der Waals surface area contributed by atoms with E-state index in [1.807, 2.05) is 20.9 Å². The maximum atomic E-state index is 11.8. The van der Waals surface area contributed by atoms with E-state index in [-0.39, 0.29) is 24.0 Å². The summed E-state index contributed by atoms with van der Waals surface area (Å²) in [5, 5.41) is 5.98. The van der Waals surface area contributed by atoms with Crippen molar-refractivity contribution < 1.29 is 14.3 Å². The van der Waals surface area contributed by atoms with Crippen LogP contribution in [-0.2, 0) is 14.3 Å². The normalized spacial score (nSPS) is 26.7. The summed E-state index contributed by atoms with van der Waals surface area (Å²) in [4.78, 5) is 11.8. The Morgan fingerprint density at radius 2 is 2.31 bits per heavy atom. The minimum atomic E-state index is -0.0844. The monoisotopic (exact) mass is 230 g/mol. The van der Waals surface area contributed by atoms with Crippen molar-refractivity contribution in [2.75, 3.05) is 33.4 Å². The molecule has 0 spiro atoms. The molecule has 94 valence electrons. The number of carbonyl (C=O) groups is 1. The molecule has 1 heterocycles. The first kappa shape index (κ1) is 13.4. The molecule has 2 N–H and O–H groups in total. The van der Waals surface area contributed by atoms with Crippen LogP contribution in [0.2, 0.25) is 0 Å². The summed E-state index contributed by atoms with van der Waals surface area (Å²) in [7, 11) is 1.85. The highest BCUT2D eigenvalue weighted by molar-refractivity contribution is 5.79. The summed E-state index contributed by atoms with van der Waals surface area (Å²) in [6.45, 7) is 6.23. The zero-order valence-corrected chi connectivity index (χ0v) is 10.3. The van der Waals surface area contributed by atoms with Crippen LogP contribution < -0.4 is 10.6 Å². The van der Waals surface area contributed by atoms with Gasteiger partial charge in [-0.15, -0.1) is 0 Å². The Bertz CT molecular complexity index is 223. The highest BCUT2D eigenvalue weighted by atomic mass is 16.5. The molecule has 0 aromatic carbocycles.